The van der Waals surface area contributed by atoms with Crippen molar-refractivity contribution in [2.24, 2.45) is 0 Å². The maximum Gasteiger partial charge on any atom is 0.306 e. The molecule has 0 aliphatic carbocycles. The molecule has 0 amide bonds. The second-order valence-corrected chi connectivity index (χ2v) is 23.4. The molecule has 1 atom stereocenters. The monoisotopic (exact) mass is 1110 g/mol. The van der Waals surface area contributed by atoms with Crippen molar-refractivity contribution in [1.29, 1.82) is 0 Å². The van der Waals surface area contributed by atoms with Crippen LogP contribution in [0.5, 0.6) is 0 Å². The zero-order chi connectivity index (χ0) is 57.1. The number of unbranched alkanes of at least 4 members (excludes halogenated alkanes) is 43. The van der Waals surface area contributed by atoms with E-state index in [2.05, 4.69) is 81.5 Å². The highest BCUT2D eigenvalue weighted by Gasteiger charge is 2.19. The largest absolute Gasteiger partial charge is 0.462 e. The summed E-state index contributed by atoms with van der Waals surface area (Å²) >= 11 is 0. The Morgan fingerprint density at radius 1 is 0.266 bits per heavy atom. The molecule has 0 saturated heterocycles. The first kappa shape index (κ1) is 76.1. The van der Waals surface area contributed by atoms with Gasteiger partial charge in [0, 0.05) is 19.3 Å². The number of carbonyl (C=O) groups excluding carboxylic acids is 3. The molecule has 0 aromatic carbocycles. The van der Waals surface area contributed by atoms with Gasteiger partial charge >= 0.3 is 17.9 Å². The average Bonchev–Trinajstić information content (AvgIpc) is 3.45. The van der Waals surface area contributed by atoms with E-state index in [0.29, 0.717) is 19.3 Å². The molecule has 0 radical (unpaired) electrons. The fourth-order valence-electron chi connectivity index (χ4n) is 10.3. The molecule has 460 valence electrons. The van der Waals surface area contributed by atoms with Gasteiger partial charge in [-0.25, -0.2) is 0 Å². The fourth-order valence-corrected chi connectivity index (χ4v) is 10.3. The minimum atomic E-state index is -0.793. The Morgan fingerprint density at radius 3 is 0.810 bits per heavy atom. The van der Waals surface area contributed by atoms with Crippen LogP contribution in [0.15, 0.2) is 60.8 Å². The van der Waals surface area contributed by atoms with Crippen molar-refractivity contribution in [3.05, 3.63) is 60.8 Å². The highest BCUT2D eigenvalue weighted by molar-refractivity contribution is 5.71. The van der Waals surface area contributed by atoms with Crippen LogP contribution in [0.1, 0.15) is 367 Å². The Labute approximate surface area is 491 Å². The number of carbonyl (C=O) groups is 3. The van der Waals surface area contributed by atoms with Crippen LogP contribution in [0.25, 0.3) is 0 Å². The van der Waals surface area contributed by atoms with Gasteiger partial charge in [0.25, 0.3) is 0 Å². The van der Waals surface area contributed by atoms with Crippen LogP contribution < -0.4 is 0 Å². The molecular formula is C73H132O6. The normalized spacial score (nSPS) is 12.4. The van der Waals surface area contributed by atoms with Gasteiger partial charge in [-0.15, -0.1) is 0 Å². The van der Waals surface area contributed by atoms with Crippen LogP contribution in [0, 0.1) is 0 Å². The summed E-state index contributed by atoms with van der Waals surface area (Å²) in [5.74, 6) is -0.914. The van der Waals surface area contributed by atoms with Gasteiger partial charge in [0.15, 0.2) is 6.10 Å². The molecule has 6 heteroatoms. The van der Waals surface area contributed by atoms with Crippen LogP contribution >= 0.6 is 0 Å². The highest BCUT2D eigenvalue weighted by Crippen LogP contribution is 2.18. The molecule has 0 N–H and O–H groups in total. The first-order chi connectivity index (χ1) is 39.0. The zero-order valence-electron chi connectivity index (χ0n) is 52.9. The molecule has 0 saturated carbocycles. The molecule has 79 heavy (non-hydrogen) atoms. The lowest BCUT2D eigenvalue weighted by atomic mass is 10.0. The lowest BCUT2D eigenvalue weighted by molar-refractivity contribution is -0.167. The predicted molar refractivity (Wildman–Crippen MR) is 344 cm³/mol. The SMILES string of the molecule is CC/C=C\C/C=C\C/C=C\CCCCCC(=O)OCC(COC(=O)CCCCCCCCCCCCCCCCCCCCCCCCCCCCCCCCCCC)OC(=O)CCCCCCC/C=C\C/C=C\CCCCC. The van der Waals surface area contributed by atoms with Crippen molar-refractivity contribution in [3.63, 3.8) is 0 Å². The average molecular weight is 1110 g/mol. The molecular weight excluding hydrogens is 973 g/mol. The van der Waals surface area contributed by atoms with E-state index in [9.17, 15) is 14.4 Å². The topological polar surface area (TPSA) is 78.9 Å². The second kappa shape index (κ2) is 67.6. The van der Waals surface area contributed by atoms with E-state index in [0.717, 1.165) is 109 Å². The molecule has 0 aromatic rings. The second-order valence-electron chi connectivity index (χ2n) is 23.4. The van der Waals surface area contributed by atoms with E-state index in [4.69, 9.17) is 14.2 Å². The lowest BCUT2D eigenvalue weighted by Gasteiger charge is -2.18. The summed E-state index contributed by atoms with van der Waals surface area (Å²) < 4.78 is 16.9. The highest BCUT2D eigenvalue weighted by atomic mass is 16.6. The van der Waals surface area contributed by atoms with Crippen LogP contribution in [-0.4, -0.2) is 37.2 Å². The summed E-state index contributed by atoms with van der Waals surface area (Å²) in [7, 11) is 0. The third-order valence-electron chi connectivity index (χ3n) is 15.5. The van der Waals surface area contributed by atoms with Gasteiger partial charge in [0.05, 0.1) is 0 Å². The van der Waals surface area contributed by atoms with Crippen molar-refractivity contribution in [1.82, 2.24) is 0 Å². The van der Waals surface area contributed by atoms with Gasteiger partial charge in [-0.05, 0) is 83.5 Å². The molecule has 6 nitrogen and oxygen atoms in total. The molecule has 0 rings (SSSR count). The van der Waals surface area contributed by atoms with E-state index in [-0.39, 0.29) is 31.1 Å². The minimum absolute atomic E-state index is 0.0867. The Morgan fingerprint density at radius 2 is 0.494 bits per heavy atom. The van der Waals surface area contributed by atoms with Crippen LogP contribution in [0.3, 0.4) is 0 Å². The van der Waals surface area contributed by atoms with E-state index in [1.807, 2.05) is 0 Å². The predicted octanol–water partition coefficient (Wildman–Crippen LogP) is 23.9. The molecule has 0 aliphatic heterocycles. The standard InChI is InChI=1S/C73H132O6/c1-4-7-10-13-16-19-22-25-27-28-29-30-31-32-33-34-35-36-37-38-39-40-41-42-43-44-46-48-51-54-57-60-63-66-72(75)78-69-70(68-77-71(74)65-62-59-56-53-50-47-24-21-18-15-12-9-6-3)79-73(76)67-64-61-58-55-52-49-45-26-23-20-17-14-11-8-5-2/h9,12,17-18,20-21,26,45,47,50,70H,4-8,10-11,13-16,19,22-25,27-44,46,48-49,51-69H2,1-3H3/b12-9-,20-17-,21-18-,45-26-,50-47-. The zero-order valence-corrected chi connectivity index (χ0v) is 52.9. The van der Waals surface area contributed by atoms with Gasteiger partial charge in [-0.3, -0.25) is 14.4 Å². The molecule has 0 heterocycles. The van der Waals surface area contributed by atoms with Crippen LogP contribution in [0.2, 0.25) is 0 Å². The first-order valence-corrected chi connectivity index (χ1v) is 34.8. The summed E-state index contributed by atoms with van der Waals surface area (Å²) in [6.07, 6.45) is 87.1. The smallest absolute Gasteiger partial charge is 0.306 e. The number of hydrogen-bond donors (Lipinski definition) is 0. The van der Waals surface area contributed by atoms with E-state index < -0.39 is 6.10 Å². The molecule has 0 bridgehead atoms. The van der Waals surface area contributed by atoms with E-state index in [1.165, 1.54) is 218 Å². The molecule has 0 aromatic heterocycles. The number of hydrogen-bond acceptors (Lipinski definition) is 6. The van der Waals surface area contributed by atoms with Gasteiger partial charge in [0.2, 0.25) is 0 Å². The number of allylic oxidation sites excluding steroid dienone is 10. The summed E-state index contributed by atoms with van der Waals surface area (Å²) in [5.41, 5.74) is 0. The molecule has 0 aliphatic rings. The maximum atomic E-state index is 12.9. The lowest BCUT2D eigenvalue weighted by Crippen LogP contribution is -2.30. The van der Waals surface area contributed by atoms with Gasteiger partial charge in [-0.1, -0.05) is 326 Å². The summed E-state index contributed by atoms with van der Waals surface area (Å²) in [6.45, 7) is 6.51. The van der Waals surface area contributed by atoms with Gasteiger partial charge < -0.3 is 14.2 Å². The van der Waals surface area contributed by atoms with E-state index in [1.54, 1.807) is 0 Å². The van der Waals surface area contributed by atoms with E-state index >= 15 is 0 Å². The molecule has 1 unspecified atom stereocenters. The third-order valence-corrected chi connectivity index (χ3v) is 15.5. The van der Waals surface area contributed by atoms with Crippen LogP contribution in [-0.2, 0) is 28.6 Å². The summed E-state index contributed by atoms with van der Waals surface area (Å²) in [6, 6.07) is 0. The minimum Gasteiger partial charge on any atom is -0.462 e. The first-order valence-electron chi connectivity index (χ1n) is 34.8. The number of rotatable bonds is 64. The Hall–Kier alpha value is -2.89. The quantitative estimate of drug-likeness (QED) is 0.0261. The van der Waals surface area contributed by atoms with Crippen molar-refractivity contribution in [3.8, 4) is 0 Å². The Balaban J connectivity index is 4.10. The van der Waals surface area contributed by atoms with Gasteiger partial charge in [0.1, 0.15) is 13.2 Å². The number of ether oxygens (including phenoxy) is 3. The van der Waals surface area contributed by atoms with Gasteiger partial charge in [-0.2, -0.15) is 0 Å². The molecule has 0 spiro atoms. The third kappa shape index (κ3) is 65.8. The van der Waals surface area contributed by atoms with Crippen molar-refractivity contribution in [2.75, 3.05) is 13.2 Å². The Kier molecular flexibility index (Phi) is 65.1. The Bertz CT molecular complexity index is 1410. The van der Waals surface area contributed by atoms with Crippen molar-refractivity contribution >= 4 is 17.9 Å². The molecule has 0 fully saturated rings. The van der Waals surface area contributed by atoms with Crippen LogP contribution in [0.4, 0.5) is 0 Å². The van der Waals surface area contributed by atoms with Crippen molar-refractivity contribution in [2.45, 2.75) is 374 Å². The fraction of sp³-hybridized carbons (Fsp3) is 0.822. The summed E-state index contributed by atoms with van der Waals surface area (Å²) in [5, 5.41) is 0. The number of esters is 3. The van der Waals surface area contributed by atoms with Crippen molar-refractivity contribution < 1.29 is 28.6 Å². The summed E-state index contributed by atoms with van der Waals surface area (Å²) in [4.78, 5) is 38.3. The maximum absolute atomic E-state index is 12.9.